The van der Waals surface area contributed by atoms with Gasteiger partial charge >= 0.3 is 6.03 Å². The van der Waals surface area contributed by atoms with Crippen molar-refractivity contribution in [2.24, 2.45) is 0 Å². The van der Waals surface area contributed by atoms with Gasteiger partial charge in [0.15, 0.2) is 0 Å². The van der Waals surface area contributed by atoms with E-state index in [4.69, 9.17) is 32.7 Å². The summed E-state index contributed by atoms with van der Waals surface area (Å²) < 4.78 is 10.7. The van der Waals surface area contributed by atoms with Crippen molar-refractivity contribution >= 4 is 52.6 Å². The number of aromatic nitrogens is 2. The number of halogens is 2. The second-order valence-corrected chi connectivity index (χ2v) is 10.4. The average Bonchev–Trinajstić information content (AvgIpc) is 3.32. The zero-order valence-corrected chi connectivity index (χ0v) is 23.9. The largest absolute Gasteiger partial charge is 0.495 e. The third-order valence-corrected chi connectivity index (χ3v) is 7.90. The van der Waals surface area contributed by atoms with Crippen LogP contribution in [0.15, 0.2) is 24.9 Å². The number of carbonyl (C=O) groups is 2. The highest BCUT2D eigenvalue weighted by atomic mass is 35.5. The first-order valence-corrected chi connectivity index (χ1v) is 13.7. The first kappa shape index (κ1) is 28.8. The molecule has 2 N–H and O–H groups in total. The van der Waals surface area contributed by atoms with Crippen LogP contribution in [0.5, 0.6) is 11.5 Å². The Hall–Kier alpha value is -3.24. The minimum Gasteiger partial charge on any atom is -0.495 e. The predicted octanol–water partition coefficient (Wildman–Crippen LogP) is 5.57. The van der Waals surface area contributed by atoms with Crippen LogP contribution in [0.4, 0.5) is 22.2 Å². The molecule has 2 unspecified atom stereocenters. The summed E-state index contributed by atoms with van der Waals surface area (Å²) in [4.78, 5) is 37.0. The molecule has 39 heavy (non-hydrogen) atoms. The molecule has 210 valence electrons. The third-order valence-electron chi connectivity index (χ3n) is 7.17. The lowest BCUT2D eigenvalue weighted by Gasteiger charge is -2.35. The Labute approximate surface area is 238 Å². The van der Waals surface area contributed by atoms with Gasteiger partial charge in [-0.05, 0) is 25.3 Å². The number of methoxy groups -OCH3 is 2. The highest BCUT2D eigenvalue weighted by molar-refractivity contribution is 6.42. The van der Waals surface area contributed by atoms with Gasteiger partial charge in [-0.2, -0.15) is 4.98 Å². The summed E-state index contributed by atoms with van der Waals surface area (Å²) >= 11 is 13.1. The number of hydrogen-bond acceptors (Lipinski definition) is 7. The number of urea groups is 1. The quantitative estimate of drug-likeness (QED) is 0.414. The van der Waals surface area contributed by atoms with E-state index in [0.29, 0.717) is 28.8 Å². The number of amides is 3. The fraction of sp³-hybridized carbons (Fsp3) is 0.481. The van der Waals surface area contributed by atoms with Gasteiger partial charge in [0.05, 0.1) is 26.5 Å². The van der Waals surface area contributed by atoms with E-state index < -0.39 is 0 Å². The van der Waals surface area contributed by atoms with Gasteiger partial charge in [-0.25, -0.2) is 9.78 Å². The van der Waals surface area contributed by atoms with E-state index in [1.165, 1.54) is 55.8 Å². The SMILES string of the molecule is C1CCC1.C=CC(=O)NC1CCCC1Nc1ncc2c(n1)N(C)C(=O)N(c1c(Cl)c(OC)cc(OC)c1Cl)C2. The second-order valence-electron chi connectivity index (χ2n) is 9.64. The molecule has 5 rings (SSSR count). The molecule has 10 nitrogen and oxygen atoms in total. The molecule has 0 bridgehead atoms. The van der Waals surface area contributed by atoms with Gasteiger partial charge in [0.25, 0.3) is 0 Å². The summed E-state index contributed by atoms with van der Waals surface area (Å²) in [7, 11) is 4.56. The first-order valence-electron chi connectivity index (χ1n) is 13.0. The number of benzene rings is 1. The van der Waals surface area contributed by atoms with E-state index in [2.05, 4.69) is 27.2 Å². The minimum absolute atomic E-state index is 0.0279. The van der Waals surface area contributed by atoms with Gasteiger partial charge in [-0.15, -0.1) is 0 Å². The van der Waals surface area contributed by atoms with E-state index in [0.717, 1.165) is 19.3 Å². The van der Waals surface area contributed by atoms with Crippen molar-refractivity contribution in [3.8, 4) is 11.5 Å². The maximum atomic E-state index is 13.4. The summed E-state index contributed by atoms with van der Waals surface area (Å²) in [5, 5.41) is 6.62. The molecule has 1 aromatic heterocycles. The van der Waals surface area contributed by atoms with Crippen LogP contribution in [0.2, 0.25) is 10.0 Å². The highest BCUT2D eigenvalue weighted by Crippen LogP contribution is 2.47. The summed E-state index contributed by atoms with van der Waals surface area (Å²) in [6.45, 7) is 3.65. The number of nitrogens with one attached hydrogen (secondary N) is 2. The summed E-state index contributed by atoms with van der Waals surface area (Å²) in [6, 6.07) is 1.11. The normalized spacial score (nSPS) is 19.8. The minimum atomic E-state index is -0.377. The Bertz CT molecular complexity index is 1210. The van der Waals surface area contributed by atoms with Gasteiger partial charge in [-0.3, -0.25) is 14.6 Å². The van der Waals surface area contributed by atoms with Crippen molar-refractivity contribution in [2.75, 3.05) is 36.4 Å². The molecule has 0 radical (unpaired) electrons. The Morgan fingerprint density at radius 3 is 2.26 bits per heavy atom. The van der Waals surface area contributed by atoms with E-state index in [1.807, 2.05) is 0 Å². The molecular weight excluding hydrogens is 543 g/mol. The first-order chi connectivity index (χ1) is 18.8. The number of rotatable bonds is 7. The average molecular weight is 578 g/mol. The molecule has 2 atom stereocenters. The summed E-state index contributed by atoms with van der Waals surface area (Å²) in [5.74, 6) is 1.28. The van der Waals surface area contributed by atoms with Crippen LogP contribution in [-0.4, -0.2) is 55.3 Å². The number of nitrogens with zero attached hydrogens (tertiary/aromatic N) is 4. The molecule has 2 heterocycles. The molecule has 1 aliphatic heterocycles. The fourth-order valence-corrected chi connectivity index (χ4v) is 5.33. The molecule has 2 aliphatic carbocycles. The van der Waals surface area contributed by atoms with Crippen molar-refractivity contribution in [1.29, 1.82) is 0 Å². The van der Waals surface area contributed by atoms with Crippen LogP contribution >= 0.6 is 23.2 Å². The van der Waals surface area contributed by atoms with Gasteiger partial charge < -0.3 is 20.1 Å². The molecule has 2 aromatic rings. The molecule has 2 saturated carbocycles. The molecule has 12 heteroatoms. The third kappa shape index (κ3) is 6.17. The Morgan fingerprint density at radius 2 is 1.69 bits per heavy atom. The van der Waals surface area contributed by atoms with Crippen molar-refractivity contribution in [2.45, 2.75) is 63.6 Å². The topological polar surface area (TPSA) is 109 Å². The van der Waals surface area contributed by atoms with E-state index >= 15 is 0 Å². The number of anilines is 3. The molecular formula is C27H34Cl2N6O4. The lowest BCUT2D eigenvalue weighted by atomic mass is 10.0. The Morgan fingerprint density at radius 1 is 1.08 bits per heavy atom. The zero-order chi connectivity index (χ0) is 28.1. The van der Waals surface area contributed by atoms with E-state index in [-0.39, 0.29) is 46.3 Å². The highest BCUT2D eigenvalue weighted by Gasteiger charge is 2.35. The summed E-state index contributed by atoms with van der Waals surface area (Å²) in [5.41, 5.74) is 0.982. The van der Waals surface area contributed by atoms with Crippen LogP contribution in [0.1, 0.15) is 50.5 Å². The van der Waals surface area contributed by atoms with Crippen molar-refractivity contribution in [1.82, 2.24) is 15.3 Å². The van der Waals surface area contributed by atoms with Gasteiger partial charge in [0.1, 0.15) is 27.4 Å². The van der Waals surface area contributed by atoms with Crippen LogP contribution in [0.3, 0.4) is 0 Å². The van der Waals surface area contributed by atoms with Crippen LogP contribution in [0, 0.1) is 0 Å². The zero-order valence-electron chi connectivity index (χ0n) is 22.4. The van der Waals surface area contributed by atoms with Crippen molar-refractivity contribution in [3.05, 3.63) is 40.5 Å². The molecule has 3 amide bonds. The molecule has 3 aliphatic rings. The number of hydrogen-bond donors (Lipinski definition) is 2. The van der Waals surface area contributed by atoms with Gasteiger partial charge in [0, 0.05) is 37.0 Å². The fourth-order valence-electron chi connectivity index (χ4n) is 4.63. The van der Waals surface area contributed by atoms with Crippen LogP contribution < -0.4 is 29.9 Å². The summed E-state index contributed by atoms with van der Waals surface area (Å²) in [6.07, 6.45) is 11.6. The second kappa shape index (κ2) is 12.7. The maximum absolute atomic E-state index is 13.4. The molecule has 2 fully saturated rings. The van der Waals surface area contributed by atoms with Gasteiger partial charge in [0.2, 0.25) is 11.9 Å². The smallest absolute Gasteiger partial charge is 0.330 e. The van der Waals surface area contributed by atoms with E-state index in [1.54, 1.807) is 19.3 Å². The monoisotopic (exact) mass is 576 g/mol. The molecule has 0 spiro atoms. The maximum Gasteiger partial charge on any atom is 0.330 e. The number of ether oxygens (including phenoxy) is 2. The number of carbonyl (C=O) groups excluding carboxylic acids is 2. The van der Waals surface area contributed by atoms with Gasteiger partial charge in [-0.1, -0.05) is 55.5 Å². The Kier molecular flexibility index (Phi) is 9.40. The molecule has 1 aromatic carbocycles. The predicted molar refractivity (Wildman–Crippen MR) is 153 cm³/mol. The Balaban J connectivity index is 0.000000808. The van der Waals surface area contributed by atoms with Crippen molar-refractivity contribution < 1.29 is 19.1 Å². The standard InChI is InChI=1S/C23H26Cl2N6O4.C4H8/c1-5-17(32)27-13-7-6-8-14(13)28-22-26-10-12-11-31(23(33)30(2)21(12)29-22)20-18(24)15(34-3)9-16(35-4)19(20)25;1-2-4-3-1/h5,9-10,13-14H,1,6-8,11H2,2-4H3,(H,27,32)(H,26,28,29);1-4H2. The molecule has 0 saturated heterocycles. The lowest BCUT2D eigenvalue weighted by Crippen LogP contribution is -2.46. The lowest BCUT2D eigenvalue weighted by molar-refractivity contribution is -0.117. The van der Waals surface area contributed by atoms with E-state index in [9.17, 15) is 9.59 Å². The van der Waals surface area contributed by atoms with Crippen LogP contribution in [-0.2, 0) is 11.3 Å². The van der Waals surface area contributed by atoms with Crippen LogP contribution in [0.25, 0.3) is 0 Å². The van der Waals surface area contributed by atoms with Crippen molar-refractivity contribution in [3.63, 3.8) is 0 Å². The number of fused-ring (bicyclic) bond motifs is 1.